The van der Waals surface area contributed by atoms with Gasteiger partial charge in [-0.15, -0.1) is 0 Å². The molecule has 0 radical (unpaired) electrons. The Balaban J connectivity index is 0.880. The fraction of sp³-hybridized carbons (Fsp3) is 0.119. The van der Waals surface area contributed by atoms with Crippen LogP contribution in [0.1, 0.15) is 22.5 Å². The van der Waals surface area contributed by atoms with E-state index in [1.165, 1.54) is 39.1 Å². The van der Waals surface area contributed by atoms with E-state index in [1.54, 1.807) is 4.57 Å². The van der Waals surface area contributed by atoms with E-state index in [0.717, 1.165) is 28.9 Å². The van der Waals surface area contributed by atoms with Crippen LogP contribution in [0.25, 0.3) is 39.1 Å². The summed E-state index contributed by atoms with van der Waals surface area (Å²) in [6, 6.07) is 38.3. The minimum absolute atomic E-state index is 0.176. The lowest BCUT2D eigenvalue weighted by molar-refractivity contribution is -0.692. The van der Waals surface area contributed by atoms with Gasteiger partial charge in [-0.2, -0.15) is 13.7 Å². The van der Waals surface area contributed by atoms with Gasteiger partial charge in [-0.25, -0.2) is 9.55 Å². The van der Waals surface area contributed by atoms with Crippen molar-refractivity contribution in [1.29, 1.82) is 0 Å². The highest BCUT2D eigenvalue weighted by Gasteiger charge is 2.20. The molecule has 2 N–H and O–H groups in total. The highest BCUT2D eigenvalue weighted by molar-refractivity contribution is 7.51. The Labute approximate surface area is 297 Å². The lowest BCUT2D eigenvalue weighted by Crippen LogP contribution is -2.35. The standard InChI is InChI=1S/C42H36N5O3P/c48-51(49,50)27-26-44-18-10-32(11-19-44)33-12-20-45(21-13-33)30-38-5-3-6-39(43-38)31-46-22-14-34(15-23-46)35-16-24-47(25-17-35)40-8-9-42-37(29-40)28-36-4-1-2-7-41(36)42/h1-25,29H,26-28,30-31H2/q+2/p+2. The summed E-state index contributed by atoms with van der Waals surface area (Å²) < 4.78 is 19.4. The first-order valence-electron chi connectivity index (χ1n) is 17.0. The highest BCUT2D eigenvalue weighted by Crippen LogP contribution is 2.37. The van der Waals surface area contributed by atoms with Crippen LogP contribution in [0.2, 0.25) is 0 Å². The fourth-order valence-electron chi connectivity index (χ4n) is 6.72. The molecule has 0 spiro atoms. The molecule has 0 aliphatic heterocycles. The van der Waals surface area contributed by atoms with Crippen molar-refractivity contribution in [2.75, 3.05) is 6.16 Å². The minimum atomic E-state index is -4.02. The van der Waals surface area contributed by atoms with Crippen LogP contribution in [-0.4, -0.2) is 20.9 Å². The van der Waals surface area contributed by atoms with Crippen LogP contribution in [0.5, 0.6) is 0 Å². The van der Waals surface area contributed by atoms with Crippen molar-refractivity contribution in [3.63, 3.8) is 0 Å². The molecule has 0 saturated carbocycles. The summed E-state index contributed by atoms with van der Waals surface area (Å²) in [5, 5.41) is 0. The Morgan fingerprint density at radius 2 is 1.06 bits per heavy atom. The van der Waals surface area contributed by atoms with Crippen LogP contribution in [0.4, 0.5) is 0 Å². The second-order valence-electron chi connectivity index (χ2n) is 13.0. The number of aryl methyl sites for hydroxylation is 1. The first kappa shape index (κ1) is 32.5. The molecule has 250 valence electrons. The van der Waals surface area contributed by atoms with Gasteiger partial charge in [0.1, 0.15) is 17.5 Å². The van der Waals surface area contributed by atoms with Crippen LogP contribution in [-0.2, 0) is 30.6 Å². The molecular formula is C42H38N5O3P+4. The van der Waals surface area contributed by atoms with Gasteiger partial charge in [-0.05, 0) is 69.1 Å². The molecule has 0 atom stereocenters. The molecule has 9 heteroatoms. The number of nitrogens with zero attached hydrogens (tertiary/aromatic N) is 5. The largest absolute Gasteiger partial charge is 0.331 e. The average Bonchev–Trinajstić information content (AvgIpc) is 3.53. The molecule has 8 nitrogen and oxygen atoms in total. The average molecular weight is 692 g/mol. The van der Waals surface area contributed by atoms with E-state index in [-0.39, 0.29) is 12.7 Å². The molecule has 0 fully saturated rings. The van der Waals surface area contributed by atoms with Crippen molar-refractivity contribution < 1.29 is 32.6 Å². The fourth-order valence-corrected chi connectivity index (χ4v) is 7.21. The van der Waals surface area contributed by atoms with Crippen LogP contribution < -0.4 is 18.3 Å². The predicted octanol–water partition coefficient (Wildman–Crippen LogP) is 5.40. The molecule has 0 saturated heterocycles. The number of aromatic nitrogens is 5. The van der Waals surface area contributed by atoms with E-state index < -0.39 is 7.60 Å². The maximum atomic E-state index is 11.2. The first-order valence-corrected chi connectivity index (χ1v) is 18.8. The third-order valence-electron chi connectivity index (χ3n) is 9.45. The molecule has 0 amide bonds. The monoisotopic (exact) mass is 691 g/mol. The van der Waals surface area contributed by atoms with Crippen molar-refractivity contribution in [3.8, 4) is 39.1 Å². The second-order valence-corrected chi connectivity index (χ2v) is 14.8. The summed E-state index contributed by atoms with van der Waals surface area (Å²) >= 11 is 0. The second kappa shape index (κ2) is 13.9. The molecule has 1 aliphatic carbocycles. The zero-order valence-corrected chi connectivity index (χ0v) is 28.9. The Morgan fingerprint density at radius 3 is 1.63 bits per heavy atom. The molecule has 8 rings (SSSR count). The van der Waals surface area contributed by atoms with Gasteiger partial charge in [-0.3, -0.25) is 4.57 Å². The molecule has 5 aromatic heterocycles. The maximum absolute atomic E-state index is 11.2. The summed E-state index contributed by atoms with van der Waals surface area (Å²) in [6.07, 6.45) is 17.1. The van der Waals surface area contributed by atoms with E-state index in [2.05, 4.69) is 136 Å². The quantitative estimate of drug-likeness (QED) is 0.149. The third kappa shape index (κ3) is 7.59. The Morgan fingerprint density at radius 1 is 0.549 bits per heavy atom. The highest BCUT2D eigenvalue weighted by atomic mass is 31.2. The summed E-state index contributed by atoms with van der Waals surface area (Å²) in [6.45, 7) is 1.61. The summed E-state index contributed by atoms with van der Waals surface area (Å²) in [5.74, 6) is 0. The molecular weight excluding hydrogens is 653 g/mol. The van der Waals surface area contributed by atoms with Gasteiger partial charge in [0, 0.05) is 60.7 Å². The number of hydrogen-bond acceptors (Lipinski definition) is 2. The molecule has 2 aromatic carbocycles. The summed E-state index contributed by atoms with van der Waals surface area (Å²) in [7, 11) is -4.02. The van der Waals surface area contributed by atoms with Crippen molar-refractivity contribution >= 4 is 7.60 Å². The smallest absolute Gasteiger partial charge is 0.324 e. The van der Waals surface area contributed by atoms with Crippen molar-refractivity contribution in [3.05, 3.63) is 181 Å². The van der Waals surface area contributed by atoms with Gasteiger partial charge in [0.05, 0.1) is 0 Å². The van der Waals surface area contributed by atoms with Gasteiger partial charge in [0.25, 0.3) is 0 Å². The molecule has 0 bridgehead atoms. The topological polar surface area (TPSA) is 85.9 Å². The van der Waals surface area contributed by atoms with E-state index in [1.807, 2.05) is 36.9 Å². The van der Waals surface area contributed by atoms with Gasteiger partial charge in [0.2, 0.25) is 5.69 Å². The first-order chi connectivity index (χ1) is 24.8. The van der Waals surface area contributed by atoms with Crippen molar-refractivity contribution in [2.45, 2.75) is 26.1 Å². The predicted molar refractivity (Wildman–Crippen MR) is 193 cm³/mol. The molecule has 1 aliphatic rings. The van der Waals surface area contributed by atoms with Crippen molar-refractivity contribution in [1.82, 2.24) is 4.98 Å². The van der Waals surface area contributed by atoms with Crippen molar-refractivity contribution in [2.24, 2.45) is 0 Å². The summed E-state index contributed by atoms with van der Waals surface area (Å²) in [4.78, 5) is 23.2. The van der Waals surface area contributed by atoms with Crippen LogP contribution in [0.3, 0.4) is 0 Å². The zero-order chi connectivity index (χ0) is 34.8. The number of fused-ring (bicyclic) bond motifs is 3. The molecule has 0 unspecified atom stereocenters. The Kier molecular flexibility index (Phi) is 8.88. The zero-order valence-electron chi connectivity index (χ0n) is 28.0. The van der Waals surface area contributed by atoms with Gasteiger partial charge in [0.15, 0.2) is 69.2 Å². The van der Waals surface area contributed by atoms with E-state index in [0.29, 0.717) is 13.1 Å². The van der Waals surface area contributed by atoms with Gasteiger partial charge >= 0.3 is 7.60 Å². The lowest BCUT2D eigenvalue weighted by Gasteiger charge is -2.04. The van der Waals surface area contributed by atoms with E-state index >= 15 is 0 Å². The number of benzene rings is 2. The SMILES string of the molecule is O=P(O)(O)CC[n+]1ccc(-c2cc[n+](Cc3cccc(C[n+]4ccc(-c5cc[n+](-c6ccc7c(c6)Cc6ccccc6-7)cc5)cc4)n3)cc2)cc1. The van der Waals surface area contributed by atoms with Gasteiger partial charge in [-0.1, -0.05) is 30.3 Å². The van der Waals surface area contributed by atoms with Crippen LogP contribution in [0, 0.1) is 0 Å². The number of pyridine rings is 5. The number of rotatable bonds is 10. The normalized spacial score (nSPS) is 12.0. The van der Waals surface area contributed by atoms with Crippen LogP contribution in [0.15, 0.2) is 159 Å². The lowest BCUT2D eigenvalue weighted by atomic mass is 10.1. The maximum Gasteiger partial charge on any atom is 0.331 e. The van der Waals surface area contributed by atoms with Gasteiger partial charge < -0.3 is 9.79 Å². The summed E-state index contributed by atoms with van der Waals surface area (Å²) in [5.41, 5.74) is 13.1. The number of hydrogen-bond donors (Lipinski definition) is 2. The van der Waals surface area contributed by atoms with E-state index in [9.17, 15) is 4.57 Å². The molecule has 51 heavy (non-hydrogen) atoms. The third-order valence-corrected chi connectivity index (χ3v) is 10.2. The Bertz CT molecular complexity index is 2370. The Hall–Kier alpha value is -5.66. The minimum Gasteiger partial charge on any atom is -0.324 e. The molecule has 7 aromatic rings. The van der Waals surface area contributed by atoms with E-state index in [4.69, 9.17) is 14.8 Å². The molecule has 5 heterocycles. The van der Waals surface area contributed by atoms with Crippen LogP contribution >= 0.6 is 7.60 Å².